The Morgan fingerprint density at radius 1 is 1.14 bits per heavy atom. The molecule has 0 fully saturated rings. The first-order valence-electron chi connectivity index (χ1n) is 7.25. The van der Waals surface area contributed by atoms with Gasteiger partial charge in [-0.2, -0.15) is 0 Å². The topological polar surface area (TPSA) is 49.3 Å². The Labute approximate surface area is 125 Å². The minimum absolute atomic E-state index is 0.0151. The van der Waals surface area contributed by atoms with Crippen LogP contribution in [0.25, 0.3) is 0 Å². The van der Waals surface area contributed by atoms with Crippen molar-refractivity contribution < 1.29 is 9.90 Å². The smallest absolute Gasteiger partial charge is 0.255 e. The minimum atomic E-state index is -0.129. The fourth-order valence-corrected chi connectivity index (χ4v) is 2.22. The lowest BCUT2D eigenvalue weighted by Gasteiger charge is -2.15. The molecule has 21 heavy (non-hydrogen) atoms. The Morgan fingerprint density at radius 3 is 2.43 bits per heavy atom. The summed E-state index contributed by atoms with van der Waals surface area (Å²) in [6.45, 7) is 4.27. The van der Waals surface area contributed by atoms with Crippen molar-refractivity contribution in [2.45, 2.75) is 32.8 Å². The van der Waals surface area contributed by atoms with Gasteiger partial charge < -0.3 is 10.4 Å². The summed E-state index contributed by atoms with van der Waals surface area (Å²) in [7, 11) is 0. The molecule has 2 aromatic carbocycles. The van der Waals surface area contributed by atoms with Crippen LogP contribution < -0.4 is 5.32 Å². The van der Waals surface area contributed by atoms with Crippen molar-refractivity contribution in [3.63, 3.8) is 0 Å². The van der Waals surface area contributed by atoms with E-state index in [0.29, 0.717) is 11.5 Å². The number of aliphatic hydroxyl groups is 1. The summed E-state index contributed by atoms with van der Waals surface area (Å²) in [5.41, 5.74) is 3.40. The van der Waals surface area contributed by atoms with Gasteiger partial charge in [-0.3, -0.25) is 4.79 Å². The van der Waals surface area contributed by atoms with Gasteiger partial charge in [-0.05, 0) is 41.7 Å². The number of aliphatic hydroxyl groups excluding tert-OH is 1. The summed E-state index contributed by atoms with van der Waals surface area (Å²) in [6, 6.07) is 14.9. The predicted molar refractivity (Wildman–Crippen MR) is 85.5 cm³/mol. The molecule has 3 heteroatoms. The third-order valence-corrected chi connectivity index (χ3v) is 3.75. The van der Waals surface area contributed by atoms with Gasteiger partial charge in [0.15, 0.2) is 0 Å². The molecule has 0 aliphatic heterocycles. The second kappa shape index (κ2) is 7.04. The summed E-state index contributed by atoms with van der Waals surface area (Å²) in [4.78, 5) is 12.3. The third-order valence-electron chi connectivity index (χ3n) is 3.75. The van der Waals surface area contributed by atoms with Crippen LogP contribution >= 0.6 is 0 Å². The Morgan fingerprint density at radius 2 is 1.81 bits per heavy atom. The number of hydrogen-bond donors (Lipinski definition) is 2. The zero-order chi connectivity index (χ0) is 15.2. The molecule has 0 saturated heterocycles. The van der Waals surface area contributed by atoms with E-state index >= 15 is 0 Å². The van der Waals surface area contributed by atoms with Crippen LogP contribution in [0.15, 0.2) is 48.5 Å². The molecule has 110 valence electrons. The monoisotopic (exact) mass is 283 g/mol. The molecule has 0 spiro atoms. The summed E-state index contributed by atoms with van der Waals surface area (Å²) >= 11 is 0. The van der Waals surface area contributed by atoms with Crippen molar-refractivity contribution in [1.29, 1.82) is 0 Å². The molecule has 0 radical (unpaired) electrons. The maximum absolute atomic E-state index is 12.3. The van der Waals surface area contributed by atoms with Crippen LogP contribution in [-0.4, -0.2) is 11.0 Å². The Bertz CT molecular complexity index is 605. The highest BCUT2D eigenvalue weighted by Gasteiger charge is 2.12. The molecular weight excluding hydrogens is 262 g/mol. The lowest BCUT2D eigenvalue weighted by molar-refractivity contribution is 0.102. The van der Waals surface area contributed by atoms with E-state index in [-0.39, 0.29) is 12.5 Å². The van der Waals surface area contributed by atoms with Gasteiger partial charge in [0, 0.05) is 11.3 Å². The number of anilines is 1. The molecule has 3 nitrogen and oxygen atoms in total. The third kappa shape index (κ3) is 3.70. The van der Waals surface area contributed by atoms with E-state index in [1.807, 2.05) is 18.2 Å². The molecule has 2 aromatic rings. The lowest BCUT2D eigenvalue weighted by atomic mass is 9.97. The molecule has 2 rings (SSSR count). The van der Waals surface area contributed by atoms with E-state index in [9.17, 15) is 4.79 Å². The molecule has 0 aromatic heterocycles. The largest absolute Gasteiger partial charge is 0.392 e. The molecule has 1 atom stereocenters. The van der Waals surface area contributed by atoms with Crippen LogP contribution in [0.1, 0.15) is 47.7 Å². The molecule has 0 saturated carbocycles. The van der Waals surface area contributed by atoms with Crippen molar-refractivity contribution >= 4 is 11.6 Å². The summed E-state index contributed by atoms with van der Waals surface area (Å²) in [5.74, 6) is 0.272. The van der Waals surface area contributed by atoms with Crippen LogP contribution in [0.5, 0.6) is 0 Å². The van der Waals surface area contributed by atoms with Gasteiger partial charge in [0.1, 0.15) is 0 Å². The van der Waals surface area contributed by atoms with E-state index < -0.39 is 0 Å². The van der Waals surface area contributed by atoms with Crippen molar-refractivity contribution in [2.75, 3.05) is 5.32 Å². The number of nitrogens with one attached hydrogen (secondary N) is 1. The molecule has 0 bridgehead atoms. The quantitative estimate of drug-likeness (QED) is 0.873. The summed E-state index contributed by atoms with van der Waals surface area (Å²) in [5, 5.41) is 12.0. The minimum Gasteiger partial charge on any atom is -0.392 e. The van der Waals surface area contributed by atoms with E-state index in [4.69, 9.17) is 5.11 Å². The molecule has 0 unspecified atom stereocenters. The highest BCUT2D eigenvalue weighted by molar-refractivity contribution is 6.04. The standard InChI is InChI=1S/C18H21NO2/c1-3-13(2)16-6-4-5-7-17(16)19-18(21)15-10-8-14(12-20)9-11-15/h4-11,13,20H,3,12H2,1-2H3,(H,19,21)/t13-/m1/s1. The van der Waals surface area contributed by atoms with Crippen LogP contribution in [0.3, 0.4) is 0 Å². The first kappa shape index (κ1) is 15.3. The van der Waals surface area contributed by atoms with E-state index in [0.717, 1.165) is 23.2 Å². The Balaban J connectivity index is 2.19. The average Bonchev–Trinajstić information content (AvgIpc) is 2.54. The molecule has 0 aliphatic carbocycles. The van der Waals surface area contributed by atoms with E-state index in [2.05, 4.69) is 25.2 Å². The first-order chi connectivity index (χ1) is 10.2. The van der Waals surface area contributed by atoms with Gasteiger partial charge in [-0.1, -0.05) is 44.2 Å². The lowest BCUT2D eigenvalue weighted by Crippen LogP contribution is -2.14. The van der Waals surface area contributed by atoms with Gasteiger partial charge in [-0.15, -0.1) is 0 Å². The zero-order valence-corrected chi connectivity index (χ0v) is 12.5. The molecular formula is C18H21NO2. The fraction of sp³-hybridized carbons (Fsp3) is 0.278. The highest BCUT2D eigenvalue weighted by Crippen LogP contribution is 2.26. The number of para-hydroxylation sites is 1. The SMILES string of the molecule is CC[C@@H](C)c1ccccc1NC(=O)c1ccc(CO)cc1. The van der Waals surface area contributed by atoms with Gasteiger partial charge in [-0.25, -0.2) is 0 Å². The molecule has 0 heterocycles. The summed E-state index contributed by atoms with van der Waals surface area (Å²) in [6.07, 6.45) is 1.03. The zero-order valence-electron chi connectivity index (χ0n) is 12.5. The van der Waals surface area contributed by atoms with Crippen molar-refractivity contribution in [3.8, 4) is 0 Å². The Hall–Kier alpha value is -2.13. The van der Waals surface area contributed by atoms with Crippen molar-refractivity contribution in [2.24, 2.45) is 0 Å². The Kier molecular flexibility index (Phi) is 5.12. The summed E-state index contributed by atoms with van der Waals surface area (Å²) < 4.78 is 0. The van der Waals surface area contributed by atoms with Crippen LogP contribution in [-0.2, 0) is 6.61 Å². The van der Waals surface area contributed by atoms with E-state index in [1.54, 1.807) is 24.3 Å². The highest BCUT2D eigenvalue weighted by atomic mass is 16.3. The molecule has 1 amide bonds. The van der Waals surface area contributed by atoms with E-state index in [1.165, 1.54) is 0 Å². The van der Waals surface area contributed by atoms with Gasteiger partial charge in [0.2, 0.25) is 0 Å². The number of carbonyl (C=O) groups excluding carboxylic acids is 1. The maximum Gasteiger partial charge on any atom is 0.255 e. The van der Waals surface area contributed by atoms with Crippen LogP contribution in [0, 0.1) is 0 Å². The van der Waals surface area contributed by atoms with Crippen LogP contribution in [0.4, 0.5) is 5.69 Å². The average molecular weight is 283 g/mol. The van der Waals surface area contributed by atoms with Gasteiger partial charge in [0.05, 0.1) is 6.61 Å². The first-order valence-corrected chi connectivity index (χ1v) is 7.25. The molecule has 2 N–H and O–H groups in total. The number of hydrogen-bond acceptors (Lipinski definition) is 2. The van der Waals surface area contributed by atoms with Gasteiger partial charge in [0.25, 0.3) is 5.91 Å². The van der Waals surface area contributed by atoms with Crippen molar-refractivity contribution in [1.82, 2.24) is 0 Å². The van der Waals surface area contributed by atoms with Crippen molar-refractivity contribution in [3.05, 3.63) is 65.2 Å². The number of rotatable bonds is 5. The van der Waals surface area contributed by atoms with Gasteiger partial charge >= 0.3 is 0 Å². The maximum atomic E-state index is 12.3. The number of benzene rings is 2. The number of amides is 1. The number of carbonyl (C=O) groups is 1. The fourth-order valence-electron chi connectivity index (χ4n) is 2.22. The predicted octanol–water partition coefficient (Wildman–Crippen LogP) is 3.94. The second-order valence-electron chi connectivity index (χ2n) is 5.21. The van der Waals surface area contributed by atoms with Crippen LogP contribution in [0.2, 0.25) is 0 Å². The molecule has 0 aliphatic rings. The normalized spacial score (nSPS) is 12.0. The second-order valence-corrected chi connectivity index (χ2v) is 5.21.